The highest BCUT2D eigenvalue weighted by Crippen LogP contribution is 2.26. The Hall–Kier alpha value is -3.60. The molecule has 35 heavy (non-hydrogen) atoms. The maximum Gasteiger partial charge on any atom is 0.197 e. The van der Waals surface area contributed by atoms with E-state index in [2.05, 4.69) is 41.3 Å². The van der Waals surface area contributed by atoms with E-state index in [4.69, 9.17) is 0 Å². The monoisotopic (exact) mass is 467 g/mol. The van der Waals surface area contributed by atoms with E-state index >= 15 is 0 Å². The van der Waals surface area contributed by atoms with E-state index in [0.29, 0.717) is 33.6 Å². The summed E-state index contributed by atoms with van der Waals surface area (Å²) in [5, 5.41) is 2.65. The fourth-order valence-electron chi connectivity index (χ4n) is 5.19. The predicted molar refractivity (Wildman–Crippen MR) is 149 cm³/mol. The number of aromatic amines is 1. The van der Waals surface area contributed by atoms with Crippen molar-refractivity contribution in [2.75, 3.05) is 18.0 Å². The number of anilines is 1. The lowest BCUT2D eigenvalue weighted by Crippen LogP contribution is -2.25. The van der Waals surface area contributed by atoms with Crippen LogP contribution in [0.4, 0.5) is 5.69 Å². The highest BCUT2D eigenvalue weighted by atomic mass is 16.1. The molecule has 0 bridgehead atoms. The number of nitrogens with one attached hydrogen (secondary N) is 1. The third-order valence-electron chi connectivity index (χ3n) is 7.12. The van der Waals surface area contributed by atoms with Gasteiger partial charge in [0.05, 0.1) is 16.6 Å². The van der Waals surface area contributed by atoms with Crippen molar-refractivity contribution in [2.45, 2.75) is 53.0 Å². The number of fused-ring (bicyclic) bond motifs is 4. The zero-order chi connectivity index (χ0) is 24.5. The van der Waals surface area contributed by atoms with E-state index in [1.807, 2.05) is 48.5 Å². The molecule has 0 unspecified atom stereocenters. The highest BCUT2D eigenvalue weighted by molar-refractivity contribution is 6.03. The second-order valence-corrected chi connectivity index (χ2v) is 9.38. The summed E-state index contributed by atoms with van der Waals surface area (Å²) in [4.78, 5) is 32.9. The summed E-state index contributed by atoms with van der Waals surface area (Å²) in [6.07, 6.45) is 4.54. The Balaban J connectivity index is 1.76. The first-order chi connectivity index (χ1) is 17.1. The van der Waals surface area contributed by atoms with E-state index in [0.717, 1.165) is 61.0 Å². The Kier molecular flexibility index (Phi) is 6.33. The van der Waals surface area contributed by atoms with Crippen molar-refractivity contribution in [3.63, 3.8) is 0 Å². The molecule has 2 aromatic heterocycles. The number of aryl methyl sites for hydroxylation is 1. The number of unbranched alkanes of at least 4 members (excludes halogenated alkanes) is 2. The van der Waals surface area contributed by atoms with Gasteiger partial charge in [0.15, 0.2) is 10.9 Å². The molecule has 0 saturated heterocycles. The topological polar surface area (TPSA) is 58.1 Å². The molecular weight excluding hydrogens is 434 g/mol. The third-order valence-corrected chi connectivity index (χ3v) is 7.12. The van der Waals surface area contributed by atoms with Gasteiger partial charge in [-0.2, -0.15) is 0 Å². The lowest BCUT2D eigenvalue weighted by atomic mass is 10.0. The van der Waals surface area contributed by atoms with Gasteiger partial charge in [0.1, 0.15) is 0 Å². The van der Waals surface area contributed by atoms with Crippen LogP contribution in [0.3, 0.4) is 0 Å². The first-order valence-corrected chi connectivity index (χ1v) is 12.9. The van der Waals surface area contributed by atoms with E-state index < -0.39 is 0 Å². The molecule has 5 rings (SSSR count). The Morgan fingerprint density at radius 3 is 2.11 bits per heavy atom. The van der Waals surface area contributed by atoms with Crippen molar-refractivity contribution in [3.05, 3.63) is 75.0 Å². The summed E-state index contributed by atoms with van der Waals surface area (Å²) < 4.78 is 2.13. The Bertz CT molecular complexity index is 1650. The zero-order valence-corrected chi connectivity index (χ0v) is 20.9. The molecule has 5 heteroatoms. The van der Waals surface area contributed by atoms with Gasteiger partial charge >= 0.3 is 0 Å². The minimum absolute atomic E-state index is 0.000911. The minimum atomic E-state index is 0.000911. The van der Waals surface area contributed by atoms with Gasteiger partial charge in [0.2, 0.25) is 0 Å². The molecule has 180 valence electrons. The van der Waals surface area contributed by atoms with Gasteiger partial charge < -0.3 is 14.5 Å². The van der Waals surface area contributed by atoms with Crippen LogP contribution in [0.15, 0.2) is 64.2 Å². The van der Waals surface area contributed by atoms with Gasteiger partial charge in [-0.1, -0.05) is 38.8 Å². The van der Waals surface area contributed by atoms with Crippen molar-refractivity contribution in [3.8, 4) is 0 Å². The smallest absolute Gasteiger partial charge is 0.197 e. The standard InChI is InChI=1S/C30H33N3O2/c1-4-7-15-32(16-8-5-2)20-13-14-25-22(17-20)30(35)23-19-28-24(18-26(23)31-25)29(34)21-11-9-10-12-27(21)33(28)6-3/h9-14,17-19H,4-8,15-16H2,1-3H3,(H,31,35). The van der Waals surface area contributed by atoms with E-state index in [1.165, 1.54) is 0 Å². The SMILES string of the molecule is CCCCN(CCCC)c1ccc2[nH]c3cc4c(=O)c5ccccc5n(CC)c4cc3c(=O)c2c1. The minimum Gasteiger partial charge on any atom is -0.372 e. The first kappa shape index (κ1) is 23.2. The van der Waals surface area contributed by atoms with Crippen molar-refractivity contribution < 1.29 is 0 Å². The molecule has 2 heterocycles. The number of nitrogens with zero attached hydrogens (tertiary/aromatic N) is 2. The number of para-hydroxylation sites is 1. The summed E-state index contributed by atoms with van der Waals surface area (Å²) >= 11 is 0. The lowest BCUT2D eigenvalue weighted by molar-refractivity contribution is 0.678. The number of hydrogen-bond donors (Lipinski definition) is 1. The molecule has 0 spiro atoms. The van der Waals surface area contributed by atoms with Gasteiger partial charge in [0, 0.05) is 52.4 Å². The molecule has 1 N–H and O–H groups in total. The number of pyridine rings is 2. The van der Waals surface area contributed by atoms with Crippen LogP contribution in [-0.4, -0.2) is 22.6 Å². The van der Waals surface area contributed by atoms with Crippen LogP contribution in [0.1, 0.15) is 46.5 Å². The van der Waals surface area contributed by atoms with Crippen LogP contribution in [-0.2, 0) is 6.54 Å². The summed E-state index contributed by atoms with van der Waals surface area (Å²) in [7, 11) is 0. The number of aromatic nitrogens is 2. The van der Waals surface area contributed by atoms with E-state index in [-0.39, 0.29) is 10.9 Å². The van der Waals surface area contributed by atoms with Crippen molar-refractivity contribution in [1.29, 1.82) is 0 Å². The van der Waals surface area contributed by atoms with Gasteiger partial charge in [-0.15, -0.1) is 0 Å². The molecule has 0 radical (unpaired) electrons. The fourth-order valence-corrected chi connectivity index (χ4v) is 5.19. The van der Waals surface area contributed by atoms with Crippen LogP contribution in [0.2, 0.25) is 0 Å². The summed E-state index contributed by atoms with van der Waals surface area (Å²) in [5.41, 5.74) is 4.31. The highest BCUT2D eigenvalue weighted by Gasteiger charge is 2.15. The summed E-state index contributed by atoms with van der Waals surface area (Å²) in [6.45, 7) is 9.18. The predicted octanol–water partition coefficient (Wildman–Crippen LogP) is 6.58. The molecule has 0 aliphatic heterocycles. The molecule has 0 aliphatic carbocycles. The average molecular weight is 468 g/mol. The summed E-state index contributed by atoms with van der Waals surface area (Å²) in [6, 6.07) is 17.6. The maximum atomic E-state index is 13.8. The van der Waals surface area contributed by atoms with Crippen LogP contribution in [0.5, 0.6) is 0 Å². The van der Waals surface area contributed by atoms with Crippen molar-refractivity contribution in [2.24, 2.45) is 0 Å². The number of H-pyrrole nitrogens is 1. The van der Waals surface area contributed by atoms with Gasteiger partial charge in [-0.25, -0.2) is 0 Å². The van der Waals surface area contributed by atoms with Crippen LogP contribution in [0, 0.1) is 0 Å². The number of hydrogen-bond acceptors (Lipinski definition) is 3. The first-order valence-electron chi connectivity index (χ1n) is 12.9. The lowest BCUT2D eigenvalue weighted by Gasteiger charge is -2.25. The van der Waals surface area contributed by atoms with Gasteiger partial charge in [-0.05, 0) is 62.2 Å². The average Bonchev–Trinajstić information content (AvgIpc) is 2.89. The largest absolute Gasteiger partial charge is 0.372 e. The summed E-state index contributed by atoms with van der Waals surface area (Å²) in [5.74, 6) is 0. The number of rotatable bonds is 8. The van der Waals surface area contributed by atoms with Crippen LogP contribution < -0.4 is 15.8 Å². The van der Waals surface area contributed by atoms with Crippen molar-refractivity contribution in [1.82, 2.24) is 9.55 Å². The van der Waals surface area contributed by atoms with E-state index in [9.17, 15) is 9.59 Å². The van der Waals surface area contributed by atoms with Gasteiger partial charge in [0.25, 0.3) is 0 Å². The number of benzene rings is 3. The Morgan fingerprint density at radius 2 is 1.40 bits per heavy atom. The third kappa shape index (κ3) is 3.99. The maximum absolute atomic E-state index is 13.8. The van der Waals surface area contributed by atoms with Crippen LogP contribution >= 0.6 is 0 Å². The van der Waals surface area contributed by atoms with E-state index in [1.54, 1.807) is 0 Å². The molecule has 0 amide bonds. The molecule has 0 atom stereocenters. The molecule has 0 aliphatic rings. The Morgan fingerprint density at radius 1 is 0.714 bits per heavy atom. The molecule has 3 aromatic carbocycles. The molecular formula is C30H33N3O2. The molecule has 5 nitrogen and oxygen atoms in total. The zero-order valence-electron chi connectivity index (χ0n) is 20.9. The Labute approximate surface area is 205 Å². The fraction of sp³-hybridized carbons (Fsp3) is 0.333. The quantitative estimate of drug-likeness (QED) is 0.262. The second kappa shape index (κ2) is 9.57. The van der Waals surface area contributed by atoms with Crippen molar-refractivity contribution >= 4 is 49.3 Å². The molecule has 0 fully saturated rings. The second-order valence-electron chi connectivity index (χ2n) is 9.38. The van der Waals surface area contributed by atoms with Gasteiger partial charge in [-0.3, -0.25) is 9.59 Å². The molecule has 0 saturated carbocycles. The normalized spacial score (nSPS) is 11.7. The molecule has 5 aromatic rings. The van der Waals surface area contributed by atoms with Crippen LogP contribution in [0.25, 0.3) is 43.6 Å².